The van der Waals surface area contributed by atoms with Crippen LogP contribution in [-0.4, -0.2) is 262 Å². The first kappa shape index (κ1) is 86.2. The number of fused-ring (bicyclic) bond motifs is 6. The number of hydrogen-bond donors (Lipinski definition) is 15. The number of aliphatic hydroxyl groups excluding tert-OH is 15. The van der Waals surface area contributed by atoms with Gasteiger partial charge in [0.05, 0.1) is 108 Å². The highest BCUT2D eigenvalue weighted by atomic mass is 32.1. The summed E-state index contributed by atoms with van der Waals surface area (Å²) < 4.78 is 33.7. The fraction of sp³-hybridized carbons (Fsp3) is 0.386. The Morgan fingerprint density at radius 1 is 0.376 bits per heavy atom. The molecule has 8 aromatic rings. The van der Waals surface area contributed by atoms with Crippen molar-refractivity contribution >= 4 is 91.3 Å². The molecule has 622 valence electrons. The molecule has 117 heavy (non-hydrogen) atoms. The zero-order valence-corrected chi connectivity index (χ0v) is 66.8. The Balaban J connectivity index is 0.000000122. The Morgan fingerprint density at radius 3 is 1.19 bits per heavy atom. The van der Waals surface area contributed by atoms with Crippen molar-refractivity contribution in [3.8, 4) is 0 Å². The molecule has 0 bridgehead atoms. The summed E-state index contributed by atoms with van der Waals surface area (Å²) >= 11 is 2.98. The van der Waals surface area contributed by atoms with Crippen LogP contribution in [-0.2, 0) is 28.4 Å². The molecule has 10 aliphatic heterocycles. The van der Waals surface area contributed by atoms with Gasteiger partial charge in [0.25, 0.3) is 0 Å². The molecule has 0 radical (unpaired) electrons. The van der Waals surface area contributed by atoms with E-state index < -0.39 is 110 Å². The number of ether oxygens (including phenoxy) is 6. The SMILES string of the molecule is C=C1c2ccc(C)cc2C=CN1[C@@H]1O[C@H](CO)C(O)[C@@H]1O.C=C1c2ccc(C)cc2C=CN1[C@H]1CC(O)[C@@H](CO)O1.C=C1c2scnc2C=CN1[C@@H]1O[C@H](CO)C(O)[C@@H]1O.C=C1c2scnc2C=CN1[C@H]1CC(O)[C@@H](CO)O1.Cc1cc2ccccc2cc1[C@@H]1O[C@H](CO)C(O)[C@@H]1O.Cc1cc2ccccc2cc1[C@H]1CC(O)[C@@H](CO)O1. The zero-order valence-electron chi connectivity index (χ0n) is 65.1. The lowest BCUT2D eigenvalue weighted by Crippen LogP contribution is -2.41. The van der Waals surface area contributed by atoms with E-state index in [4.69, 9.17) is 59.1 Å². The van der Waals surface area contributed by atoms with Crippen LogP contribution >= 0.6 is 22.7 Å². The van der Waals surface area contributed by atoms with E-state index >= 15 is 0 Å². The third-order valence-corrected chi connectivity index (χ3v) is 24.2. The van der Waals surface area contributed by atoms with Crippen LogP contribution in [0, 0.1) is 27.7 Å². The van der Waals surface area contributed by atoms with Gasteiger partial charge >= 0.3 is 0 Å². The van der Waals surface area contributed by atoms with Crippen molar-refractivity contribution in [2.45, 2.75) is 176 Å². The molecular formula is C88H102N6O21S2. The predicted molar refractivity (Wildman–Crippen MR) is 444 cm³/mol. The number of benzene rings is 6. The van der Waals surface area contributed by atoms with E-state index in [1.807, 2.05) is 115 Å². The van der Waals surface area contributed by atoms with Crippen LogP contribution in [0.2, 0.25) is 0 Å². The summed E-state index contributed by atoms with van der Waals surface area (Å²) in [5, 5.41) is 149. The van der Waals surface area contributed by atoms with Gasteiger partial charge in [-0.2, -0.15) is 0 Å². The van der Waals surface area contributed by atoms with Crippen LogP contribution in [0.25, 0.3) is 68.6 Å². The van der Waals surface area contributed by atoms with Gasteiger partial charge < -0.3 is 125 Å². The van der Waals surface area contributed by atoms with Crippen LogP contribution in [0.15, 0.2) is 171 Å². The molecule has 0 aliphatic carbocycles. The average molecular weight is 1640 g/mol. The summed E-state index contributed by atoms with van der Waals surface area (Å²) in [7, 11) is 0. The van der Waals surface area contributed by atoms with Crippen molar-refractivity contribution in [1.29, 1.82) is 0 Å². The van der Waals surface area contributed by atoms with Crippen LogP contribution in [0.1, 0.15) is 108 Å². The molecule has 2 aromatic heterocycles. The van der Waals surface area contributed by atoms with Crippen molar-refractivity contribution < 1.29 is 105 Å². The number of aliphatic hydroxyl groups is 15. The Bertz CT molecular complexity index is 4990. The number of aromatic nitrogens is 2. The maximum Gasteiger partial charge on any atom is 0.163 e. The average Bonchev–Trinajstić information content (AvgIpc) is 1.72. The smallest absolute Gasteiger partial charge is 0.163 e. The lowest BCUT2D eigenvalue weighted by molar-refractivity contribution is -0.0613. The second kappa shape index (κ2) is 37.8. The lowest BCUT2D eigenvalue weighted by atomic mass is 9.94. The van der Waals surface area contributed by atoms with E-state index in [1.54, 1.807) is 39.3 Å². The minimum absolute atomic E-state index is 0.128. The first-order valence-electron chi connectivity index (χ1n) is 38.7. The first-order chi connectivity index (χ1) is 56.3. The van der Waals surface area contributed by atoms with Crippen molar-refractivity contribution in [3.63, 3.8) is 0 Å². The quantitative estimate of drug-likeness (QED) is 0.0601. The van der Waals surface area contributed by atoms with E-state index in [0.717, 1.165) is 93.4 Å². The number of nitrogens with zero attached hydrogens (tertiary/aromatic N) is 6. The summed E-state index contributed by atoms with van der Waals surface area (Å²) in [5.74, 6) is 0. The molecule has 6 fully saturated rings. The maximum atomic E-state index is 10.1. The molecule has 0 amide bonds. The van der Waals surface area contributed by atoms with Gasteiger partial charge in [0.2, 0.25) is 0 Å². The monoisotopic (exact) mass is 1640 g/mol. The highest BCUT2D eigenvalue weighted by Crippen LogP contribution is 2.43. The standard InChI is InChI=1S/C16H19NO4.C16H19NO3.C16H18O4.C16H18O3.C12H14N2O4S.C12H14N2O3S/c1-9-3-4-12-10(2)17(6-5-11(12)7-9)16-15(20)14(19)13(8-18)21-16;1-10-3-4-13-11(2)17(6-5-12(13)7-10)16-8-14(19)15(9-18)20-16;1-9-6-10-4-2-3-5-11(10)7-12(9)16-15(19)14(18)13(8-17)20-16;1-10-6-11-4-2-3-5-12(11)7-13(10)15-8-14(18)16(9-17)19-15;1-6-11-7(13-5-19-11)2-3-14(6)12-10(17)9(16)8(4-15)18-12;1-7-12-8(13-6-18-12)2-3-14(7)11-4-9(16)10(5-15)17-11/h3-7,13-16,18-20H,2,8H2,1H3;3-7,14-16,18-19H,2,8-9H2,1H3;2-7,13-19H,8H2,1H3;2-7,14-18H,8-9H2,1H3;2-3,5,8-10,12,15-17H,1,4H2;2-3,6,9-11,15-16H,1,4-5H2/t13-,14?,15+,16-;14?,15-,16-;13-,14?,15+,16+;14?,15-,16-;8-,9?,10+,12-;9?,10-,11-/m111111/s1. The second-order valence-electron chi connectivity index (χ2n) is 30.2. The number of aryl methyl sites for hydroxylation is 4. The van der Waals surface area contributed by atoms with Gasteiger partial charge in [-0.15, -0.1) is 22.7 Å². The van der Waals surface area contributed by atoms with Gasteiger partial charge in [0, 0.05) is 66.6 Å². The Kier molecular flexibility index (Phi) is 27.8. The molecule has 0 saturated carbocycles. The van der Waals surface area contributed by atoms with Crippen LogP contribution in [0.3, 0.4) is 0 Å². The minimum Gasteiger partial charge on any atom is -0.394 e. The maximum absolute atomic E-state index is 10.1. The highest BCUT2D eigenvalue weighted by molar-refractivity contribution is 7.11. The molecule has 10 aliphatic rings. The zero-order chi connectivity index (χ0) is 83.4. The summed E-state index contributed by atoms with van der Waals surface area (Å²) in [5.41, 5.74) is 19.0. The van der Waals surface area contributed by atoms with Gasteiger partial charge in [-0.25, -0.2) is 9.97 Å². The number of rotatable bonds is 12. The molecule has 21 atom stereocenters. The summed E-state index contributed by atoms with van der Waals surface area (Å²) in [6, 6.07) is 36.7. The summed E-state index contributed by atoms with van der Waals surface area (Å²) in [6.45, 7) is 22.9. The van der Waals surface area contributed by atoms with E-state index in [9.17, 15) is 46.0 Å². The molecular weight excluding hydrogens is 1540 g/mol. The molecule has 15 N–H and O–H groups in total. The van der Waals surface area contributed by atoms with E-state index in [-0.39, 0.29) is 58.2 Å². The van der Waals surface area contributed by atoms with Crippen LogP contribution < -0.4 is 0 Å². The molecule has 27 nitrogen and oxygen atoms in total. The van der Waals surface area contributed by atoms with Gasteiger partial charge in [0.15, 0.2) is 12.5 Å². The van der Waals surface area contributed by atoms with E-state index in [1.165, 1.54) is 39.0 Å². The van der Waals surface area contributed by atoms with E-state index in [2.05, 4.69) is 98.7 Å². The fourth-order valence-electron chi connectivity index (χ4n) is 15.8. The number of hydrogen-bond acceptors (Lipinski definition) is 29. The molecule has 6 unspecified atom stereocenters. The van der Waals surface area contributed by atoms with Crippen molar-refractivity contribution in [2.75, 3.05) is 39.6 Å². The minimum atomic E-state index is -1.11. The number of thiazole rings is 2. The van der Waals surface area contributed by atoms with Crippen molar-refractivity contribution in [2.24, 2.45) is 0 Å². The molecule has 6 saturated heterocycles. The fourth-order valence-corrected chi connectivity index (χ4v) is 17.3. The third-order valence-electron chi connectivity index (χ3n) is 22.5. The molecule has 6 aromatic carbocycles. The highest BCUT2D eigenvalue weighted by Gasteiger charge is 2.49. The molecule has 29 heteroatoms. The molecule has 0 spiro atoms. The summed E-state index contributed by atoms with van der Waals surface area (Å²) in [6.07, 6.45) is 1.46. The summed E-state index contributed by atoms with van der Waals surface area (Å²) in [4.78, 5) is 17.5. The van der Waals surface area contributed by atoms with Crippen LogP contribution in [0.5, 0.6) is 0 Å². The van der Waals surface area contributed by atoms with Gasteiger partial charge in [-0.3, -0.25) is 0 Å². The van der Waals surface area contributed by atoms with Gasteiger partial charge in [-0.05, 0) is 119 Å². The van der Waals surface area contributed by atoms with Crippen molar-refractivity contribution in [1.82, 2.24) is 29.6 Å². The largest absolute Gasteiger partial charge is 0.394 e. The predicted octanol–water partition coefficient (Wildman–Crippen LogP) is 6.75. The molecule has 12 heterocycles. The second-order valence-corrected chi connectivity index (χ2v) is 31.9. The van der Waals surface area contributed by atoms with Crippen molar-refractivity contribution in [3.05, 3.63) is 248 Å². The third kappa shape index (κ3) is 18.3. The van der Waals surface area contributed by atoms with E-state index in [0.29, 0.717) is 30.7 Å². The first-order valence-corrected chi connectivity index (χ1v) is 40.4. The Morgan fingerprint density at radius 2 is 0.744 bits per heavy atom. The molecule has 18 rings (SSSR count). The van der Waals surface area contributed by atoms with Crippen LogP contribution in [0.4, 0.5) is 0 Å². The lowest BCUT2D eigenvalue weighted by Gasteiger charge is -2.34. The topological polar surface area (TPSA) is 398 Å². The normalized spacial score (nSPS) is 30.4. The Labute approximate surface area is 685 Å². The van der Waals surface area contributed by atoms with Gasteiger partial charge in [0.1, 0.15) is 91.8 Å². The Hall–Kier alpha value is -8.62. The van der Waals surface area contributed by atoms with Gasteiger partial charge in [-0.1, -0.05) is 135 Å².